The van der Waals surface area contributed by atoms with E-state index in [4.69, 9.17) is 4.74 Å². The van der Waals surface area contributed by atoms with Crippen molar-refractivity contribution in [3.63, 3.8) is 0 Å². The van der Waals surface area contributed by atoms with Crippen molar-refractivity contribution in [1.29, 1.82) is 0 Å². The van der Waals surface area contributed by atoms with Gasteiger partial charge in [0.15, 0.2) is 0 Å². The number of allylic oxidation sites excluding steroid dienone is 2. The first-order valence-electron chi connectivity index (χ1n) is 9.78. The Bertz CT molecular complexity index is 773. The number of anilines is 1. The van der Waals surface area contributed by atoms with Crippen molar-refractivity contribution in [2.24, 2.45) is 0 Å². The van der Waals surface area contributed by atoms with Gasteiger partial charge in [0.25, 0.3) is 0 Å². The number of hydrogen-bond donors (Lipinski definition) is 1. The highest BCUT2D eigenvalue weighted by molar-refractivity contribution is 5.94. The minimum Gasteiger partial charge on any atom is -0.494 e. The average Bonchev–Trinajstić information content (AvgIpc) is 3.33. The topological polar surface area (TPSA) is 53.0 Å². The van der Waals surface area contributed by atoms with Gasteiger partial charge in [-0.05, 0) is 74.7 Å². The van der Waals surface area contributed by atoms with Gasteiger partial charge in [-0.3, -0.25) is 0 Å². The Hall–Kier alpha value is -2.53. The number of likely N-dealkylation sites (tertiary alicyclic amines) is 1. The van der Waals surface area contributed by atoms with E-state index in [-0.39, 0.29) is 6.04 Å². The third-order valence-electron chi connectivity index (χ3n) is 5.46. The van der Waals surface area contributed by atoms with E-state index < -0.39 is 5.97 Å². The fraction of sp³-hybridized carbons (Fsp3) is 0.409. The second-order valence-electron chi connectivity index (χ2n) is 7.30. The highest BCUT2D eigenvalue weighted by Gasteiger charge is 2.34. The minimum absolute atomic E-state index is 0.0633. The first-order chi connectivity index (χ1) is 13.2. The summed E-state index contributed by atoms with van der Waals surface area (Å²) < 4.78 is 5.87. The summed E-state index contributed by atoms with van der Waals surface area (Å²) in [6.07, 6.45) is 12.3. The monoisotopic (exact) mass is 366 g/mol. The normalized spacial score (nSPS) is 21.8. The van der Waals surface area contributed by atoms with Crippen molar-refractivity contribution in [2.45, 2.75) is 31.7 Å². The summed E-state index contributed by atoms with van der Waals surface area (Å²) in [5.74, 6) is -0.0629. The van der Waals surface area contributed by atoms with E-state index in [2.05, 4.69) is 11.0 Å². The first kappa shape index (κ1) is 17.9. The minimum atomic E-state index is -0.896. The highest BCUT2D eigenvalue weighted by atomic mass is 16.5. The highest BCUT2D eigenvalue weighted by Crippen LogP contribution is 2.36. The molecule has 0 radical (unpaired) electrons. The van der Waals surface area contributed by atoms with Crippen LogP contribution in [0, 0.1) is 0 Å². The lowest BCUT2D eigenvalue weighted by Gasteiger charge is -2.29. The Morgan fingerprint density at radius 1 is 1.19 bits per heavy atom. The van der Waals surface area contributed by atoms with Crippen LogP contribution in [0.5, 0.6) is 5.75 Å². The second-order valence-corrected chi connectivity index (χ2v) is 7.30. The SMILES string of the molecule is O=C(O)C1=CC2=CC=CCC2N1c1ccc(OCCCN2CCCC2)cc1. The van der Waals surface area contributed by atoms with Crippen LogP contribution in [0.25, 0.3) is 0 Å². The third kappa shape index (κ3) is 3.93. The summed E-state index contributed by atoms with van der Waals surface area (Å²) in [5, 5.41) is 9.59. The van der Waals surface area contributed by atoms with Crippen LogP contribution in [0.4, 0.5) is 5.69 Å². The molecule has 27 heavy (non-hydrogen) atoms. The first-order valence-corrected chi connectivity index (χ1v) is 9.78. The molecule has 1 N–H and O–H groups in total. The average molecular weight is 366 g/mol. The summed E-state index contributed by atoms with van der Waals surface area (Å²) in [6.45, 7) is 4.25. The van der Waals surface area contributed by atoms with Crippen LogP contribution in [-0.4, -0.2) is 48.3 Å². The van der Waals surface area contributed by atoms with Crippen molar-refractivity contribution in [3.8, 4) is 5.75 Å². The number of hydrogen-bond acceptors (Lipinski definition) is 4. The standard InChI is InChI=1S/C22H26N2O3/c25-22(26)21-16-17-6-1-2-7-20(17)24(21)18-8-10-19(11-9-18)27-15-5-14-23-12-3-4-13-23/h1-2,6,8-11,16,20H,3-5,7,12-15H2,(H,25,26). The molecule has 5 nitrogen and oxygen atoms in total. The van der Waals surface area contributed by atoms with Gasteiger partial charge in [0, 0.05) is 12.2 Å². The van der Waals surface area contributed by atoms with E-state index in [0.717, 1.165) is 36.4 Å². The lowest BCUT2D eigenvalue weighted by atomic mass is 10.0. The summed E-state index contributed by atoms with van der Waals surface area (Å²) in [7, 11) is 0. The van der Waals surface area contributed by atoms with Crippen LogP contribution in [0.1, 0.15) is 25.7 Å². The number of carboxylic acid groups (broad SMARTS) is 1. The lowest BCUT2D eigenvalue weighted by Crippen LogP contribution is -2.33. The zero-order valence-electron chi connectivity index (χ0n) is 15.5. The maximum absolute atomic E-state index is 11.7. The maximum atomic E-state index is 11.7. The van der Waals surface area contributed by atoms with Gasteiger partial charge in [0.1, 0.15) is 11.4 Å². The van der Waals surface area contributed by atoms with Gasteiger partial charge >= 0.3 is 5.97 Å². The number of benzene rings is 1. The molecule has 1 saturated heterocycles. The van der Waals surface area contributed by atoms with Gasteiger partial charge in [-0.25, -0.2) is 4.79 Å². The van der Waals surface area contributed by atoms with E-state index in [1.54, 1.807) is 6.08 Å². The van der Waals surface area contributed by atoms with Crippen molar-refractivity contribution in [1.82, 2.24) is 4.90 Å². The van der Waals surface area contributed by atoms with Crippen molar-refractivity contribution in [2.75, 3.05) is 31.1 Å². The molecular formula is C22H26N2O3. The molecule has 2 aliphatic heterocycles. The van der Waals surface area contributed by atoms with Gasteiger partial charge in [-0.1, -0.05) is 18.2 Å². The van der Waals surface area contributed by atoms with Crippen LogP contribution in [0.15, 0.2) is 59.8 Å². The number of carbonyl (C=O) groups is 1. The molecule has 1 atom stereocenters. The van der Waals surface area contributed by atoms with Crippen molar-refractivity contribution >= 4 is 11.7 Å². The summed E-state index contributed by atoms with van der Waals surface area (Å²) in [4.78, 5) is 16.1. The Morgan fingerprint density at radius 2 is 1.96 bits per heavy atom. The quantitative estimate of drug-likeness (QED) is 0.748. The van der Waals surface area contributed by atoms with E-state index in [9.17, 15) is 9.90 Å². The van der Waals surface area contributed by atoms with Crippen molar-refractivity contribution in [3.05, 3.63) is 59.8 Å². The molecule has 1 aromatic carbocycles. The number of ether oxygens (including phenoxy) is 1. The molecule has 0 aromatic heterocycles. The largest absolute Gasteiger partial charge is 0.494 e. The molecule has 1 aromatic rings. The molecule has 5 heteroatoms. The Morgan fingerprint density at radius 3 is 2.70 bits per heavy atom. The second kappa shape index (κ2) is 8.01. The molecule has 142 valence electrons. The molecular weight excluding hydrogens is 340 g/mol. The van der Waals surface area contributed by atoms with Gasteiger partial charge in [-0.15, -0.1) is 0 Å². The number of aliphatic carboxylic acids is 1. The molecule has 0 bridgehead atoms. The van der Waals surface area contributed by atoms with E-state index in [1.807, 2.05) is 41.3 Å². The summed E-state index contributed by atoms with van der Waals surface area (Å²) in [5.41, 5.74) is 2.27. The zero-order chi connectivity index (χ0) is 18.6. The number of nitrogens with zero attached hydrogens (tertiary/aromatic N) is 2. The van der Waals surface area contributed by atoms with Gasteiger partial charge in [0.2, 0.25) is 0 Å². The molecule has 2 heterocycles. The van der Waals surface area contributed by atoms with Gasteiger partial charge < -0.3 is 19.6 Å². The van der Waals surface area contributed by atoms with Crippen LogP contribution >= 0.6 is 0 Å². The third-order valence-corrected chi connectivity index (χ3v) is 5.46. The van der Waals surface area contributed by atoms with E-state index in [0.29, 0.717) is 12.3 Å². The smallest absolute Gasteiger partial charge is 0.352 e. The number of fused-ring (bicyclic) bond motifs is 1. The van der Waals surface area contributed by atoms with Crippen LogP contribution < -0.4 is 9.64 Å². The summed E-state index contributed by atoms with van der Waals surface area (Å²) in [6, 6.07) is 7.84. The fourth-order valence-electron chi connectivity index (χ4n) is 4.10. The lowest BCUT2D eigenvalue weighted by molar-refractivity contribution is -0.132. The Kier molecular flexibility index (Phi) is 5.30. The molecule has 1 aliphatic carbocycles. The number of carboxylic acids is 1. The fourth-order valence-corrected chi connectivity index (χ4v) is 4.10. The Balaban J connectivity index is 1.38. The van der Waals surface area contributed by atoms with Gasteiger partial charge in [-0.2, -0.15) is 0 Å². The molecule has 4 rings (SSSR count). The van der Waals surface area contributed by atoms with Crippen LogP contribution in [-0.2, 0) is 4.79 Å². The van der Waals surface area contributed by atoms with E-state index >= 15 is 0 Å². The van der Waals surface area contributed by atoms with Gasteiger partial charge in [0.05, 0.1) is 12.6 Å². The Labute approximate surface area is 160 Å². The maximum Gasteiger partial charge on any atom is 0.352 e. The molecule has 1 unspecified atom stereocenters. The molecule has 1 fully saturated rings. The van der Waals surface area contributed by atoms with E-state index in [1.165, 1.54) is 25.9 Å². The molecule has 3 aliphatic rings. The molecule has 0 amide bonds. The molecule has 0 spiro atoms. The predicted molar refractivity (Wildman–Crippen MR) is 106 cm³/mol. The predicted octanol–water partition coefficient (Wildman–Crippen LogP) is 3.59. The number of rotatable bonds is 7. The zero-order valence-corrected chi connectivity index (χ0v) is 15.5. The van der Waals surface area contributed by atoms with Crippen molar-refractivity contribution < 1.29 is 14.6 Å². The molecule has 0 saturated carbocycles. The van der Waals surface area contributed by atoms with Crippen LogP contribution in [0.3, 0.4) is 0 Å². The summed E-state index contributed by atoms with van der Waals surface area (Å²) >= 11 is 0. The van der Waals surface area contributed by atoms with Crippen LogP contribution in [0.2, 0.25) is 0 Å².